The van der Waals surface area contributed by atoms with E-state index in [1.54, 1.807) is 4.90 Å². The van der Waals surface area contributed by atoms with Crippen LogP contribution in [0.4, 0.5) is 4.79 Å². The number of rotatable bonds is 6. The fourth-order valence-corrected chi connectivity index (χ4v) is 3.48. The lowest BCUT2D eigenvalue weighted by Crippen LogP contribution is -2.25. The van der Waals surface area contributed by atoms with Crippen molar-refractivity contribution in [2.24, 2.45) is 5.92 Å². The van der Waals surface area contributed by atoms with Crippen LogP contribution >= 0.6 is 0 Å². The van der Waals surface area contributed by atoms with Crippen molar-refractivity contribution in [2.75, 3.05) is 6.54 Å². The van der Waals surface area contributed by atoms with Crippen LogP contribution in [0.25, 0.3) is 5.57 Å². The van der Waals surface area contributed by atoms with Crippen LogP contribution in [0.5, 0.6) is 0 Å². The standard InChI is InChI=1S/C26H29NO2/c1-19(2)15-23(22-13-9-6-10-14-22)24(16-20(3)4)25-18-27(26(28)29-25)17-21-11-7-5-8-12-21/h5-14,16,20,25H,17-18H2,1-4H3/b24-16-. The molecular weight excluding hydrogens is 358 g/mol. The summed E-state index contributed by atoms with van der Waals surface area (Å²) in [5, 5.41) is 0. The Bertz CT molecular complexity index is 931. The van der Waals surface area contributed by atoms with Gasteiger partial charge in [-0.2, -0.15) is 0 Å². The van der Waals surface area contributed by atoms with Gasteiger partial charge in [0, 0.05) is 17.7 Å². The molecule has 150 valence electrons. The largest absolute Gasteiger partial charge is 0.439 e. The Morgan fingerprint density at radius 2 is 1.72 bits per heavy atom. The smallest absolute Gasteiger partial charge is 0.410 e. The van der Waals surface area contributed by atoms with Crippen molar-refractivity contribution in [3.63, 3.8) is 0 Å². The van der Waals surface area contributed by atoms with Crippen LogP contribution in [0, 0.1) is 5.92 Å². The number of amides is 1. The summed E-state index contributed by atoms with van der Waals surface area (Å²) in [5.74, 6) is 0.324. The molecule has 2 aromatic carbocycles. The first-order valence-corrected chi connectivity index (χ1v) is 10.1. The van der Waals surface area contributed by atoms with Gasteiger partial charge in [0.05, 0.1) is 6.54 Å². The lowest BCUT2D eigenvalue weighted by Gasteiger charge is -2.18. The van der Waals surface area contributed by atoms with Crippen LogP contribution in [-0.4, -0.2) is 23.6 Å². The minimum atomic E-state index is -0.310. The molecule has 1 unspecified atom stereocenters. The molecule has 1 heterocycles. The number of cyclic esters (lactones) is 1. The molecule has 1 aliphatic rings. The van der Waals surface area contributed by atoms with Crippen molar-refractivity contribution >= 4 is 11.7 Å². The Hall–Kier alpha value is -3.03. The number of allylic oxidation sites excluding steroid dienone is 1. The van der Waals surface area contributed by atoms with Crippen molar-refractivity contribution in [3.8, 4) is 0 Å². The normalized spacial score (nSPS) is 16.6. The van der Waals surface area contributed by atoms with E-state index >= 15 is 0 Å². The molecule has 2 aromatic rings. The van der Waals surface area contributed by atoms with Gasteiger partial charge >= 0.3 is 6.09 Å². The molecule has 29 heavy (non-hydrogen) atoms. The molecule has 1 fully saturated rings. The fourth-order valence-electron chi connectivity index (χ4n) is 3.48. The second-order valence-electron chi connectivity index (χ2n) is 7.97. The van der Waals surface area contributed by atoms with Crippen molar-refractivity contribution in [1.29, 1.82) is 0 Å². The highest BCUT2D eigenvalue weighted by molar-refractivity contribution is 5.82. The number of carbonyl (C=O) groups is 1. The molecule has 0 saturated carbocycles. The Labute approximate surface area is 174 Å². The third-order valence-corrected chi connectivity index (χ3v) is 4.69. The second kappa shape index (κ2) is 9.45. The predicted molar refractivity (Wildman–Crippen MR) is 118 cm³/mol. The van der Waals surface area contributed by atoms with Gasteiger partial charge in [-0.15, -0.1) is 5.73 Å². The molecule has 1 atom stereocenters. The Morgan fingerprint density at radius 1 is 1.10 bits per heavy atom. The highest BCUT2D eigenvalue weighted by Gasteiger charge is 2.35. The van der Waals surface area contributed by atoms with Gasteiger partial charge in [-0.05, 0) is 36.5 Å². The summed E-state index contributed by atoms with van der Waals surface area (Å²) < 4.78 is 5.84. The Kier molecular flexibility index (Phi) is 6.74. The SMILES string of the molecule is CC(C)=C=C(/C(=C/C(C)C)C1CN(Cc2ccccc2)C(=O)O1)c1ccccc1. The van der Waals surface area contributed by atoms with E-state index in [0.717, 1.165) is 27.8 Å². The van der Waals surface area contributed by atoms with Gasteiger partial charge in [-0.25, -0.2) is 4.79 Å². The van der Waals surface area contributed by atoms with Crippen LogP contribution in [0.1, 0.15) is 38.8 Å². The topological polar surface area (TPSA) is 29.5 Å². The van der Waals surface area contributed by atoms with Crippen molar-refractivity contribution in [3.05, 3.63) is 94.7 Å². The predicted octanol–water partition coefficient (Wildman–Crippen LogP) is 6.24. The average molecular weight is 388 g/mol. The molecule has 0 radical (unpaired) electrons. The van der Waals surface area contributed by atoms with Crippen LogP contribution in [0.2, 0.25) is 0 Å². The van der Waals surface area contributed by atoms with Crippen molar-refractivity contribution < 1.29 is 9.53 Å². The summed E-state index contributed by atoms with van der Waals surface area (Å²) in [4.78, 5) is 14.4. The summed E-state index contributed by atoms with van der Waals surface area (Å²) in [6.07, 6.45) is 1.62. The van der Waals surface area contributed by atoms with E-state index < -0.39 is 0 Å². The first-order chi connectivity index (χ1) is 13.9. The maximum atomic E-state index is 12.6. The summed E-state index contributed by atoms with van der Waals surface area (Å²) in [7, 11) is 0. The summed E-state index contributed by atoms with van der Waals surface area (Å²) in [6.45, 7) is 9.45. The number of ether oxygens (including phenoxy) is 1. The van der Waals surface area contributed by atoms with Gasteiger partial charge in [-0.1, -0.05) is 80.6 Å². The minimum Gasteiger partial charge on any atom is -0.439 e. The molecule has 3 nitrogen and oxygen atoms in total. The molecule has 1 amide bonds. The van der Waals surface area contributed by atoms with E-state index in [0.29, 0.717) is 19.0 Å². The highest BCUT2D eigenvalue weighted by Crippen LogP contribution is 2.32. The van der Waals surface area contributed by atoms with Gasteiger partial charge in [0.25, 0.3) is 0 Å². The lowest BCUT2D eigenvalue weighted by atomic mass is 9.91. The minimum absolute atomic E-state index is 0.266. The third kappa shape index (κ3) is 5.49. The van der Waals surface area contributed by atoms with E-state index in [1.807, 2.05) is 62.4 Å². The summed E-state index contributed by atoms with van der Waals surface area (Å²) >= 11 is 0. The molecule has 3 rings (SSSR count). The number of carbonyl (C=O) groups excluding carboxylic acids is 1. The van der Waals surface area contributed by atoms with E-state index in [9.17, 15) is 4.79 Å². The maximum Gasteiger partial charge on any atom is 0.410 e. The van der Waals surface area contributed by atoms with Crippen LogP contribution in [0.3, 0.4) is 0 Å². The third-order valence-electron chi connectivity index (χ3n) is 4.69. The zero-order chi connectivity index (χ0) is 20.8. The molecule has 1 aliphatic heterocycles. The van der Waals surface area contributed by atoms with Gasteiger partial charge in [-0.3, -0.25) is 4.90 Å². The van der Waals surface area contributed by atoms with E-state index in [2.05, 4.69) is 37.8 Å². The molecule has 1 saturated heterocycles. The molecule has 0 aromatic heterocycles. The first-order valence-electron chi connectivity index (χ1n) is 10.1. The number of hydrogen-bond donors (Lipinski definition) is 0. The highest BCUT2D eigenvalue weighted by atomic mass is 16.6. The maximum absolute atomic E-state index is 12.6. The number of benzene rings is 2. The van der Waals surface area contributed by atoms with Crippen LogP contribution in [-0.2, 0) is 11.3 Å². The molecule has 3 heteroatoms. The summed E-state index contributed by atoms with van der Waals surface area (Å²) in [6, 6.07) is 20.2. The van der Waals surface area contributed by atoms with E-state index in [4.69, 9.17) is 4.74 Å². The summed E-state index contributed by atoms with van der Waals surface area (Å²) in [5.41, 5.74) is 8.80. The van der Waals surface area contributed by atoms with E-state index in [-0.39, 0.29) is 12.2 Å². The molecule has 0 aliphatic carbocycles. The Morgan fingerprint density at radius 3 is 2.31 bits per heavy atom. The molecule has 0 spiro atoms. The van der Waals surface area contributed by atoms with Crippen LogP contribution in [0.15, 0.2) is 83.6 Å². The zero-order valence-electron chi connectivity index (χ0n) is 17.7. The monoisotopic (exact) mass is 387 g/mol. The Balaban J connectivity index is 1.95. The number of hydrogen-bond acceptors (Lipinski definition) is 2. The lowest BCUT2D eigenvalue weighted by molar-refractivity contribution is 0.143. The van der Waals surface area contributed by atoms with Crippen LogP contribution < -0.4 is 0 Å². The van der Waals surface area contributed by atoms with Gasteiger partial charge < -0.3 is 4.74 Å². The van der Waals surface area contributed by atoms with Gasteiger partial charge in [0.1, 0.15) is 6.10 Å². The molecular formula is C26H29NO2. The van der Waals surface area contributed by atoms with Crippen molar-refractivity contribution in [1.82, 2.24) is 4.90 Å². The molecule has 0 N–H and O–H groups in total. The van der Waals surface area contributed by atoms with Crippen molar-refractivity contribution in [2.45, 2.75) is 40.3 Å². The van der Waals surface area contributed by atoms with Gasteiger partial charge in [0.15, 0.2) is 0 Å². The molecule has 0 bridgehead atoms. The quantitative estimate of drug-likeness (QED) is 0.434. The zero-order valence-corrected chi connectivity index (χ0v) is 17.7. The van der Waals surface area contributed by atoms with E-state index in [1.165, 1.54) is 0 Å². The average Bonchev–Trinajstić information content (AvgIpc) is 3.06. The fraction of sp³-hybridized carbons (Fsp3) is 0.308. The van der Waals surface area contributed by atoms with Gasteiger partial charge in [0.2, 0.25) is 0 Å². The second-order valence-corrected chi connectivity index (χ2v) is 7.97. The number of nitrogens with zero attached hydrogens (tertiary/aromatic N) is 1. The first kappa shape index (κ1) is 20.7.